The van der Waals surface area contributed by atoms with E-state index in [-0.39, 0.29) is 0 Å². The highest BCUT2D eigenvalue weighted by molar-refractivity contribution is 5.21. The number of hydrogen-bond donors (Lipinski definition) is 0. The second-order valence-corrected chi connectivity index (χ2v) is 9.86. The van der Waals surface area contributed by atoms with Gasteiger partial charge in [-0.1, -0.05) is 6.58 Å². The molecule has 0 aliphatic heterocycles. The van der Waals surface area contributed by atoms with Crippen LogP contribution in [0.25, 0.3) is 0 Å². The zero-order valence-corrected chi connectivity index (χ0v) is 24.3. The molecule has 0 aliphatic carbocycles. The SMILES string of the molecule is C=CC(F)(F)C(F)(F)C(F)(F)C(F)(F)C(F)(F)C(F)(F)C(F)(F)C(F)(F)F.FC(F)=C(F)C(F)(F)C(F)(F)C(F)(F)C(F)(F)C(F)(F)C(F)(F)C(F)(F)C(F)(F)F. The summed E-state index contributed by atoms with van der Waals surface area (Å²) in [5.41, 5.74) is 0. The topological polar surface area (TPSA) is 0 Å². The van der Waals surface area contributed by atoms with Crippen LogP contribution >= 0.6 is 0 Å². The van der Waals surface area contributed by atoms with Crippen LogP contribution in [0.15, 0.2) is 24.6 Å². The monoisotopic (exact) mass is 946 g/mol. The van der Waals surface area contributed by atoms with Crippen LogP contribution in [0.1, 0.15) is 0 Å². The van der Waals surface area contributed by atoms with Gasteiger partial charge < -0.3 is 0 Å². The van der Waals surface area contributed by atoms with Gasteiger partial charge in [-0.25, -0.2) is 0 Å². The number of hydrogen-bond acceptors (Lipinski definition) is 0. The third kappa shape index (κ3) is 7.42. The number of allylic oxidation sites excluding steroid dienone is 2. The summed E-state index contributed by atoms with van der Waals surface area (Å²) in [6.07, 6.45) is -21.8. The summed E-state index contributed by atoms with van der Waals surface area (Å²) in [7, 11) is 0. The van der Waals surface area contributed by atoms with Gasteiger partial charge in [0.1, 0.15) is 0 Å². The maximum atomic E-state index is 13.1. The molecule has 0 heterocycles. The summed E-state index contributed by atoms with van der Waals surface area (Å²) in [4.78, 5) is 0. The quantitative estimate of drug-likeness (QED) is 0.120. The molecule has 0 saturated carbocycles. The molecular formula is C20H3F37. The Labute approximate surface area is 283 Å². The van der Waals surface area contributed by atoms with E-state index in [1.807, 2.05) is 0 Å². The summed E-state index contributed by atoms with van der Waals surface area (Å²) in [6.45, 7) is 1.76. The highest BCUT2D eigenvalue weighted by atomic mass is 19.4. The standard InChI is InChI=1S/C10F20.C10H3F17/c11-1(2(12)13)3(14,15)4(16,17)5(18,19)6(20,21)7(22,23)8(24,25)9(26,27)10(28,29)30;1-2-3(11,12)4(13,14)5(15,16)6(17,18)7(19,20)8(21,22)9(23,24)10(25,26)27/h;2H,1H2. The fourth-order valence-electron chi connectivity index (χ4n) is 2.72. The van der Waals surface area contributed by atoms with Crippen molar-refractivity contribution in [1.82, 2.24) is 0 Å². The molecule has 0 spiro atoms. The Balaban J connectivity index is 0. The van der Waals surface area contributed by atoms with E-state index in [9.17, 15) is 162 Å². The summed E-state index contributed by atoms with van der Waals surface area (Å²) in [5, 5.41) is 0. The largest absolute Gasteiger partial charge is 0.460 e. The first-order valence-electron chi connectivity index (χ1n) is 11.7. The fourth-order valence-corrected chi connectivity index (χ4v) is 2.72. The van der Waals surface area contributed by atoms with Gasteiger partial charge in [-0.05, 0) is 6.08 Å². The van der Waals surface area contributed by atoms with Crippen LogP contribution in [0.3, 0.4) is 0 Å². The Kier molecular flexibility index (Phi) is 14.0. The first kappa shape index (κ1) is 56.0. The van der Waals surface area contributed by atoms with Crippen molar-refractivity contribution in [1.29, 1.82) is 0 Å². The first-order valence-corrected chi connectivity index (χ1v) is 11.7. The van der Waals surface area contributed by atoms with Crippen LogP contribution in [0.2, 0.25) is 0 Å². The third-order valence-electron chi connectivity index (χ3n) is 6.17. The summed E-state index contributed by atoms with van der Waals surface area (Å²) < 4.78 is 466. The lowest BCUT2D eigenvalue weighted by Crippen LogP contribution is -2.74. The van der Waals surface area contributed by atoms with E-state index >= 15 is 0 Å². The first-order chi connectivity index (χ1) is 23.9. The molecule has 0 aliphatic rings. The van der Waals surface area contributed by atoms with Gasteiger partial charge in [0.25, 0.3) is 0 Å². The Morgan fingerprint density at radius 1 is 0.263 bits per heavy atom. The lowest BCUT2D eigenvalue weighted by atomic mass is 9.89. The van der Waals surface area contributed by atoms with Gasteiger partial charge in [-0.15, -0.1) is 0 Å². The van der Waals surface area contributed by atoms with Crippen molar-refractivity contribution >= 4 is 0 Å². The molecule has 0 rings (SSSR count). The van der Waals surface area contributed by atoms with Crippen LogP contribution in [0, 0.1) is 0 Å². The molecule has 0 atom stereocenters. The molecule has 37 heteroatoms. The van der Waals surface area contributed by atoms with E-state index in [0.29, 0.717) is 0 Å². The van der Waals surface area contributed by atoms with Gasteiger partial charge in [0.05, 0.1) is 0 Å². The number of rotatable bonds is 14. The van der Waals surface area contributed by atoms with E-state index in [4.69, 9.17) is 0 Å². The van der Waals surface area contributed by atoms with Gasteiger partial charge in [0, 0.05) is 0 Å². The Bertz CT molecular complexity index is 1460. The summed E-state index contributed by atoms with van der Waals surface area (Å²) in [5.74, 6) is -121. The van der Waals surface area contributed by atoms with Crippen molar-refractivity contribution < 1.29 is 162 Å². The molecule has 57 heavy (non-hydrogen) atoms. The van der Waals surface area contributed by atoms with Crippen LogP contribution in [0.5, 0.6) is 0 Å². The molecule has 0 fully saturated rings. The van der Waals surface area contributed by atoms with E-state index in [1.165, 1.54) is 0 Å². The Hall–Kier alpha value is -3.11. The van der Waals surface area contributed by atoms with E-state index in [0.717, 1.165) is 0 Å². The fraction of sp³-hybridized carbons (Fsp3) is 0.800. The maximum absolute atomic E-state index is 13.1. The van der Waals surface area contributed by atoms with Gasteiger partial charge >= 0.3 is 101 Å². The van der Waals surface area contributed by atoms with Crippen LogP contribution < -0.4 is 0 Å². The minimum absolute atomic E-state index is 1.50. The lowest BCUT2D eigenvalue weighted by Gasteiger charge is -2.42. The minimum Gasteiger partial charge on any atom is -0.199 e. The molecule has 342 valence electrons. The van der Waals surface area contributed by atoms with Crippen LogP contribution in [0.4, 0.5) is 162 Å². The third-order valence-corrected chi connectivity index (χ3v) is 6.17. The van der Waals surface area contributed by atoms with E-state index in [1.54, 1.807) is 6.58 Å². The van der Waals surface area contributed by atoms with Crippen molar-refractivity contribution in [3.8, 4) is 0 Å². The molecule has 0 aromatic rings. The predicted octanol–water partition coefficient (Wildman–Crippen LogP) is 13.3. The molecule has 0 amide bonds. The smallest absolute Gasteiger partial charge is 0.199 e. The Morgan fingerprint density at radius 3 is 0.614 bits per heavy atom. The molecule has 0 nitrogen and oxygen atoms in total. The van der Waals surface area contributed by atoms with Crippen LogP contribution in [-0.2, 0) is 0 Å². The van der Waals surface area contributed by atoms with Crippen molar-refractivity contribution in [2.45, 2.75) is 95.3 Å². The molecule has 0 N–H and O–H groups in total. The van der Waals surface area contributed by atoms with E-state index < -0.39 is 113 Å². The summed E-state index contributed by atoms with van der Waals surface area (Å²) >= 11 is 0. The molecule has 0 unspecified atom stereocenters. The molecule has 0 radical (unpaired) electrons. The minimum atomic E-state index is -8.95. The van der Waals surface area contributed by atoms with E-state index in [2.05, 4.69) is 0 Å². The molecular weight excluding hydrogens is 943 g/mol. The second-order valence-electron chi connectivity index (χ2n) is 9.86. The second kappa shape index (κ2) is 14.3. The zero-order chi connectivity index (χ0) is 47.9. The van der Waals surface area contributed by atoms with Crippen molar-refractivity contribution in [2.24, 2.45) is 0 Å². The number of halogens is 37. The van der Waals surface area contributed by atoms with Gasteiger partial charge in [-0.3, -0.25) is 0 Å². The van der Waals surface area contributed by atoms with Crippen molar-refractivity contribution in [3.63, 3.8) is 0 Å². The average Bonchev–Trinajstić information content (AvgIpc) is 2.98. The average molecular weight is 946 g/mol. The van der Waals surface area contributed by atoms with Crippen LogP contribution in [-0.4, -0.2) is 95.3 Å². The molecule has 0 bridgehead atoms. The Morgan fingerprint density at radius 2 is 0.439 bits per heavy atom. The maximum Gasteiger partial charge on any atom is 0.460 e. The van der Waals surface area contributed by atoms with Gasteiger partial charge in [0.2, 0.25) is 5.83 Å². The number of alkyl halides is 34. The van der Waals surface area contributed by atoms with Gasteiger partial charge in [-0.2, -0.15) is 162 Å². The van der Waals surface area contributed by atoms with Crippen molar-refractivity contribution in [3.05, 3.63) is 24.6 Å². The molecule has 0 aromatic carbocycles. The summed E-state index contributed by atoms with van der Waals surface area (Å²) in [6, 6.07) is 0. The lowest BCUT2D eigenvalue weighted by molar-refractivity contribution is -0.460. The normalized spacial score (nSPS) is 16.2. The molecule has 0 aromatic heterocycles. The van der Waals surface area contributed by atoms with Crippen molar-refractivity contribution in [2.75, 3.05) is 0 Å². The highest BCUT2D eigenvalue weighted by Gasteiger charge is 2.97. The molecule has 0 saturated heterocycles. The van der Waals surface area contributed by atoms with Gasteiger partial charge in [0.15, 0.2) is 0 Å². The predicted molar refractivity (Wildman–Crippen MR) is 102 cm³/mol. The zero-order valence-electron chi connectivity index (χ0n) is 24.3. The highest BCUT2D eigenvalue weighted by Crippen LogP contribution is 2.66.